The van der Waals surface area contributed by atoms with Crippen LogP contribution >= 0.6 is 23.4 Å². The third kappa shape index (κ3) is 1.01. The predicted molar refractivity (Wildman–Crippen MR) is 47.2 cm³/mol. The highest BCUT2D eigenvalue weighted by molar-refractivity contribution is 6.35. The minimum atomic E-state index is 0.436. The second-order valence-corrected chi connectivity index (χ2v) is 3.05. The minimum absolute atomic E-state index is 0.436. The third-order valence-electron chi connectivity index (χ3n) is 1.57. The third-order valence-corrected chi connectivity index (χ3v) is 2.13. The molecular formula is C6H5Cl2N3O. The first-order valence-electron chi connectivity index (χ1n) is 3.20. The highest BCUT2D eigenvalue weighted by Crippen LogP contribution is 2.38. The van der Waals surface area contributed by atoms with Gasteiger partial charge in [-0.25, -0.2) is 0 Å². The topological polar surface area (TPSA) is 38.7 Å². The number of rotatable bonds is 0. The molecule has 1 aliphatic heterocycles. The maximum atomic E-state index is 9.24. The first-order chi connectivity index (χ1) is 5.70. The molecular weight excluding hydrogens is 201 g/mol. The monoisotopic (exact) mass is 205 g/mol. The highest BCUT2D eigenvalue weighted by Gasteiger charge is 2.25. The number of hydrogen-bond donors (Lipinski definition) is 2. The van der Waals surface area contributed by atoms with Crippen LogP contribution in [0.1, 0.15) is 0 Å². The fourth-order valence-electron chi connectivity index (χ4n) is 1.06. The van der Waals surface area contributed by atoms with E-state index in [4.69, 9.17) is 23.4 Å². The molecule has 0 amide bonds. The summed E-state index contributed by atoms with van der Waals surface area (Å²) in [5.74, 6) is 0. The lowest BCUT2D eigenvalue weighted by Gasteiger charge is -2.09. The van der Waals surface area contributed by atoms with Crippen molar-refractivity contribution in [2.24, 2.45) is 0 Å². The molecule has 0 radical (unpaired) electrons. The lowest BCUT2D eigenvalue weighted by molar-refractivity contribution is 0.225. The molecule has 4 nitrogen and oxygen atoms in total. The molecule has 0 bridgehead atoms. The van der Waals surface area contributed by atoms with Gasteiger partial charge in [-0.15, -0.1) is 5.53 Å². The molecule has 2 rings (SSSR count). The van der Waals surface area contributed by atoms with Crippen LogP contribution in [0.25, 0.3) is 0 Å². The molecule has 0 fully saturated rings. The molecule has 0 aliphatic carbocycles. The molecule has 1 aromatic carbocycles. The smallest absolute Gasteiger partial charge is 0.129 e. The van der Waals surface area contributed by atoms with Gasteiger partial charge >= 0.3 is 0 Å². The lowest BCUT2D eigenvalue weighted by atomic mass is 10.3. The fourth-order valence-corrected chi connectivity index (χ4v) is 1.52. The van der Waals surface area contributed by atoms with Gasteiger partial charge in [0.05, 0.1) is 5.02 Å². The minimum Gasteiger partial charge on any atom is -0.271 e. The molecule has 6 heteroatoms. The Balaban J connectivity index is 2.59. The van der Waals surface area contributed by atoms with E-state index < -0.39 is 0 Å². The summed E-state index contributed by atoms with van der Waals surface area (Å²) in [6.45, 7) is 0. The summed E-state index contributed by atoms with van der Waals surface area (Å²) in [5.41, 5.74) is 3.50. The van der Waals surface area contributed by atoms with Crippen LogP contribution in [0.3, 0.4) is 0 Å². The predicted octanol–water partition coefficient (Wildman–Crippen LogP) is 1.93. The van der Waals surface area contributed by atoms with Crippen LogP contribution in [0.5, 0.6) is 0 Å². The number of nitrogens with one attached hydrogen (secondary N) is 1. The van der Waals surface area contributed by atoms with Gasteiger partial charge in [-0.05, 0) is 12.1 Å². The number of hydrazine groups is 2. The normalized spacial score (nSPS) is 15.2. The Morgan fingerprint density at radius 1 is 1.42 bits per heavy atom. The average Bonchev–Trinajstić information content (AvgIpc) is 2.29. The van der Waals surface area contributed by atoms with E-state index in [1.54, 1.807) is 18.2 Å². The van der Waals surface area contributed by atoms with Crippen LogP contribution in [0.2, 0.25) is 5.02 Å². The molecule has 2 N–H and O–H groups in total. The van der Waals surface area contributed by atoms with Crippen LogP contribution in [0.4, 0.5) is 11.4 Å². The van der Waals surface area contributed by atoms with Crippen molar-refractivity contribution < 1.29 is 5.21 Å². The summed E-state index contributed by atoms with van der Waals surface area (Å²) in [6, 6.07) is 5.15. The molecule has 0 aromatic heterocycles. The SMILES string of the molecule is ON1NN(Cl)c2cccc(Cl)c21. The summed E-state index contributed by atoms with van der Waals surface area (Å²) in [5, 5.41) is 10.4. The largest absolute Gasteiger partial charge is 0.271 e. The number of para-hydroxylation sites is 1. The zero-order chi connectivity index (χ0) is 8.72. The van der Waals surface area contributed by atoms with E-state index in [0.717, 1.165) is 9.70 Å². The first kappa shape index (κ1) is 7.94. The number of halogens is 2. The summed E-state index contributed by atoms with van der Waals surface area (Å²) < 4.78 is 1.15. The number of hydrogen-bond acceptors (Lipinski definition) is 4. The summed E-state index contributed by atoms with van der Waals surface area (Å²) >= 11 is 11.5. The van der Waals surface area contributed by atoms with E-state index in [1.165, 1.54) is 0 Å². The van der Waals surface area contributed by atoms with E-state index in [1.807, 2.05) is 0 Å². The van der Waals surface area contributed by atoms with Crippen molar-refractivity contribution in [3.05, 3.63) is 23.2 Å². The van der Waals surface area contributed by atoms with Gasteiger partial charge in [0, 0.05) is 11.8 Å². The molecule has 1 heterocycles. The Morgan fingerprint density at radius 3 is 2.83 bits per heavy atom. The average molecular weight is 206 g/mol. The maximum absolute atomic E-state index is 9.24. The van der Waals surface area contributed by atoms with Crippen molar-refractivity contribution in [3.8, 4) is 0 Å². The number of nitrogens with zero attached hydrogens (tertiary/aromatic N) is 2. The van der Waals surface area contributed by atoms with Crippen LogP contribution in [-0.4, -0.2) is 5.21 Å². The zero-order valence-corrected chi connectivity index (χ0v) is 7.34. The van der Waals surface area contributed by atoms with Crippen molar-refractivity contribution in [2.45, 2.75) is 0 Å². The molecule has 0 atom stereocenters. The maximum Gasteiger partial charge on any atom is 0.129 e. The molecule has 1 aromatic rings. The Bertz CT molecular complexity index is 320. The van der Waals surface area contributed by atoms with Crippen molar-refractivity contribution in [1.82, 2.24) is 5.53 Å². The Hall–Kier alpha value is -0.680. The first-order valence-corrected chi connectivity index (χ1v) is 3.91. The fraction of sp³-hybridized carbons (Fsp3) is 0. The van der Waals surface area contributed by atoms with Crippen molar-refractivity contribution in [2.75, 3.05) is 9.70 Å². The second kappa shape index (κ2) is 2.67. The van der Waals surface area contributed by atoms with Gasteiger partial charge in [0.2, 0.25) is 0 Å². The van der Waals surface area contributed by atoms with Gasteiger partial charge in [0.25, 0.3) is 0 Å². The van der Waals surface area contributed by atoms with Gasteiger partial charge in [0.1, 0.15) is 11.4 Å². The zero-order valence-electron chi connectivity index (χ0n) is 5.83. The van der Waals surface area contributed by atoms with E-state index in [9.17, 15) is 5.21 Å². The van der Waals surface area contributed by atoms with Crippen molar-refractivity contribution >= 4 is 34.8 Å². The van der Waals surface area contributed by atoms with Crippen molar-refractivity contribution in [1.29, 1.82) is 0 Å². The Morgan fingerprint density at radius 2 is 2.17 bits per heavy atom. The summed E-state index contributed by atoms with van der Waals surface area (Å²) in [6.07, 6.45) is 0. The van der Waals surface area contributed by atoms with E-state index in [2.05, 4.69) is 5.53 Å². The molecule has 1 aliphatic rings. The van der Waals surface area contributed by atoms with E-state index >= 15 is 0 Å². The van der Waals surface area contributed by atoms with E-state index in [-0.39, 0.29) is 0 Å². The van der Waals surface area contributed by atoms with Gasteiger partial charge < -0.3 is 0 Å². The van der Waals surface area contributed by atoms with Crippen LogP contribution in [0, 0.1) is 0 Å². The molecule has 0 unspecified atom stereocenters. The number of benzene rings is 1. The Labute approximate surface area is 78.9 Å². The number of anilines is 2. The molecule has 0 saturated carbocycles. The molecule has 0 saturated heterocycles. The van der Waals surface area contributed by atoms with Gasteiger partial charge in [-0.1, -0.05) is 17.7 Å². The number of fused-ring (bicyclic) bond motifs is 1. The van der Waals surface area contributed by atoms with Crippen LogP contribution < -0.4 is 15.2 Å². The van der Waals surface area contributed by atoms with Crippen LogP contribution in [0.15, 0.2) is 18.2 Å². The standard InChI is InChI=1S/C6H5Cl2N3O/c7-4-2-1-3-5-6(4)11(12)9-10(5)8/h1-3,9,12H. The van der Waals surface area contributed by atoms with Gasteiger partial charge in [-0.3, -0.25) is 5.21 Å². The molecule has 64 valence electrons. The molecule has 0 spiro atoms. The molecule has 12 heavy (non-hydrogen) atoms. The van der Waals surface area contributed by atoms with Crippen LogP contribution in [-0.2, 0) is 0 Å². The second-order valence-electron chi connectivity index (χ2n) is 2.30. The van der Waals surface area contributed by atoms with Crippen molar-refractivity contribution in [3.63, 3.8) is 0 Å². The highest BCUT2D eigenvalue weighted by atomic mass is 35.5. The van der Waals surface area contributed by atoms with Gasteiger partial charge in [0.15, 0.2) is 0 Å². The van der Waals surface area contributed by atoms with E-state index in [0.29, 0.717) is 16.4 Å². The Kier molecular flexibility index (Phi) is 1.77. The van der Waals surface area contributed by atoms with Gasteiger partial charge in [-0.2, -0.15) is 9.70 Å². The summed E-state index contributed by atoms with van der Waals surface area (Å²) in [7, 11) is 0. The quantitative estimate of drug-likeness (QED) is 0.636. The summed E-state index contributed by atoms with van der Waals surface area (Å²) in [4.78, 5) is 0. The lowest BCUT2D eigenvalue weighted by Crippen LogP contribution is -2.36.